The number of amides is 1. The van der Waals surface area contributed by atoms with Crippen LogP contribution in [0.25, 0.3) is 0 Å². The molecule has 0 aromatic heterocycles. The molecular formula is C12H15F2NO2. The summed E-state index contributed by atoms with van der Waals surface area (Å²) in [6.45, 7) is 3.20. The van der Waals surface area contributed by atoms with Crippen LogP contribution >= 0.6 is 0 Å². The van der Waals surface area contributed by atoms with Gasteiger partial charge in [-0.05, 0) is 19.9 Å². The van der Waals surface area contributed by atoms with Crippen molar-refractivity contribution in [3.8, 4) is 0 Å². The molecule has 0 aliphatic carbocycles. The van der Waals surface area contributed by atoms with Crippen LogP contribution in [-0.2, 0) is 16.1 Å². The van der Waals surface area contributed by atoms with Gasteiger partial charge in [-0.3, -0.25) is 4.79 Å². The number of ether oxygens (including phenoxy) is 1. The van der Waals surface area contributed by atoms with Gasteiger partial charge in [0.25, 0.3) is 5.91 Å². The molecule has 0 atom stereocenters. The highest BCUT2D eigenvalue weighted by Crippen LogP contribution is 2.11. The molecule has 0 spiro atoms. The molecular weight excluding hydrogens is 228 g/mol. The highest BCUT2D eigenvalue weighted by Gasteiger charge is 2.26. The third-order valence-corrected chi connectivity index (χ3v) is 2.51. The summed E-state index contributed by atoms with van der Waals surface area (Å²) in [6, 6.07) is 3.22. The lowest BCUT2D eigenvalue weighted by atomic mass is 10.1. The lowest BCUT2D eigenvalue weighted by Gasteiger charge is -2.21. The van der Waals surface area contributed by atoms with Gasteiger partial charge in [0.05, 0.1) is 0 Å². The summed E-state index contributed by atoms with van der Waals surface area (Å²) < 4.78 is 30.9. The normalized spacial score (nSPS) is 11.4. The zero-order valence-electron chi connectivity index (χ0n) is 10.0. The van der Waals surface area contributed by atoms with E-state index in [9.17, 15) is 13.6 Å². The Kier molecular flexibility index (Phi) is 4.17. The molecule has 0 heterocycles. The molecule has 0 fully saturated rings. The van der Waals surface area contributed by atoms with Crippen LogP contribution in [0.4, 0.5) is 8.78 Å². The molecule has 0 aliphatic rings. The number of benzene rings is 1. The van der Waals surface area contributed by atoms with Gasteiger partial charge in [-0.25, -0.2) is 8.78 Å². The molecule has 1 N–H and O–H groups in total. The van der Waals surface area contributed by atoms with Gasteiger partial charge in [-0.2, -0.15) is 0 Å². The number of halogens is 2. The van der Waals surface area contributed by atoms with Crippen molar-refractivity contribution in [2.75, 3.05) is 7.11 Å². The summed E-state index contributed by atoms with van der Waals surface area (Å²) in [5.41, 5.74) is -0.747. The Morgan fingerprint density at radius 2 is 2.06 bits per heavy atom. The van der Waals surface area contributed by atoms with Gasteiger partial charge < -0.3 is 10.1 Å². The van der Waals surface area contributed by atoms with Crippen molar-refractivity contribution in [2.24, 2.45) is 0 Å². The average molecular weight is 243 g/mol. The molecule has 0 saturated carbocycles. The Hall–Kier alpha value is -1.49. The second-order valence-electron chi connectivity index (χ2n) is 4.13. The van der Waals surface area contributed by atoms with Gasteiger partial charge >= 0.3 is 0 Å². The average Bonchev–Trinajstić information content (AvgIpc) is 2.27. The fourth-order valence-electron chi connectivity index (χ4n) is 1.15. The van der Waals surface area contributed by atoms with Crippen LogP contribution in [0.2, 0.25) is 0 Å². The Bertz CT molecular complexity index is 419. The summed E-state index contributed by atoms with van der Waals surface area (Å²) in [5.74, 6) is -1.68. The maximum atomic E-state index is 13.3. The quantitative estimate of drug-likeness (QED) is 0.878. The van der Waals surface area contributed by atoms with E-state index in [0.29, 0.717) is 0 Å². The van der Waals surface area contributed by atoms with Crippen molar-refractivity contribution in [3.05, 3.63) is 35.4 Å². The van der Waals surface area contributed by atoms with E-state index in [-0.39, 0.29) is 18.0 Å². The summed E-state index contributed by atoms with van der Waals surface area (Å²) in [7, 11) is 1.41. The van der Waals surface area contributed by atoms with Gasteiger partial charge in [0.2, 0.25) is 0 Å². The molecule has 1 aromatic rings. The zero-order valence-corrected chi connectivity index (χ0v) is 10.0. The Labute approximate surface area is 98.8 Å². The maximum absolute atomic E-state index is 13.3. The van der Waals surface area contributed by atoms with Crippen molar-refractivity contribution < 1.29 is 18.3 Å². The fourth-order valence-corrected chi connectivity index (χ4v) is 1.15. The minimum absolute atomic E-state index is 0.00225. The predicted molar refractivity (Wildman–Crippen MR) is 59.3 cm³/mol. The molecule has 1 rings (SSSR count). The second-order valence-corrected chi connectivity index (χ2v) is 4.13. The number of hydrogen-bond acceptors (Lipinski definition) is 2. The molecule has 0 bridgehead atoms. The molecule has 0 radical (unpaired) electrons. The number of carbonyl (C=O) groups is 1. The van der Waals surface area contributed by atoms with E-state index >= 15 is 0 Å². The van der Waals surface area contributed by atoms with Crippen LogP contribution in [0, 0.1) is 11.6 Å². The zero-order chi connectivity index (χ0) is 13.1. The van der Waals surface area contributed by atoms with E-state index < -0.39 is 17.2 Å². The largest absolute Gasteiger partial charge is 0.369 e. The topological polar surface area (TPSA) is 38.3 Å². The number of hydrogen-bond donors (Lipinski definition) is 1. The fraction of sp³-hybridized carbons (Fsp3) is 0.417. The van der Waals surface area contributed by atoms with Crippen molar-refractivity contribution in [2.45, 2.75) is 26.0 Å². The first-order valence-corrected chi connectivity index (χ1v) is 5.14. The van der Waals surface area contributed by atoms with Crippen molar-refractivity contribution >= 4 is 5.91 Å². The van der Waals surface area contributed by atoms with Gasteiger partial charge in [-0.1, -0.05) is 6.07 Å². The molecule has 5 heteroatoms. The summed E-state index contributed by atoms with van der Waals surface area (Å²) in [5, 5.41) is 2.52. The van der Waals surface area contributed by atoms with Gasteiger partial charge in [0.15, 0.2) is 0 Å². The monoisotopic (exact) mass is 243 g/mol. The molecule has 0 aliphatic heterocycles. The smallest absolute Gasteiger partial charge is 0.251 e. The lowest BCUT2D eigenvalue weighted by Crippen LogP contribution is -2.43. The number of carbonyl (C=O) groups excluding carboxylic acids is 1. The van der Waals surface area contributed by atoms with Crippen molar-refractivity contribution in [1.29, 1.82) is 0 Å². The molecule has 17 heavy (non-hydrogen) atoms. The first-order valence-electron chi connectivity index (χ1n) is 5.14. The summed E-state index contributed by atoms with van der Waals surface area (Å²) >= 11 is 0. The highest BCUT2D eigenvalue weighted by atomic mass is 19.1. The Morgan fingerprint density at radius 3 is 2.59 bits per heavy atom. The number of nitrogens with one attached hydrogen (secondary N) is 1. The van der Waals surface area contributed by atoms with E-state index in [2.05, 4.69) is 5.32 Å². The van der Waals surface area contributed by atoms with Gasteiger partial charge in [0.1, 0.15) is 17.2 Å². The summed E-state index contributed by atoms with van der Waals surface area (Å²) in [4.78, 5) is 11.6. The van der Waals surface area contributed by atoms with E-state index in [1.54, 1.807) is 13.8 Å². The van der Waals surface area contributed by atoms with Crippen LogP contribution in [-0.4, -0.2) is 18.6 Å². The second kappa shape index (κ2) is 5.23. The lowest BCUT2D eigenvalue weighted by molar-refractivity contribution is -0.139. The Balaban J connectivity index is 2.65. The minimum Gasteiger partial charge on any atom is -0.369 e. The third-order valence-electron chi connectivity index (χ3n) is 2.51. The van der Waals surface area contributed by atoms with Crippen LogP contribution < -0.4 is 5.32 Å². The maximum Gasteiger partial charge on any atom is 0.251 e. The standard InChI is InChI=1S/C12H15F2NO2/c1-12(2,17-3)11(16)15-7-8-4-5-9(13)6-10(8)14/h4-6H,7H2,1-3H3,(H,15,16). The van der Waals surface area contributed by atoms with Crippen LogP contribution in [0.3, 0.4) is 0 Å². The van der Waals surface area contributed by atoms with Gasteiger partial charge in [-0.15, -0.1) is 0 Å². The van der Waals surface area contributed by atoms with E-state index in [4.69, 9.17) is 4.74 Å². The van der Waals surface area contributed by atoms with Crippen LogP contribution in [0.5, 0.6) is 0 Å². The SMILES string of the molecule is COC(C)(C)C(=O)NCc1ccc(F)cc1F. The minimum atomic E-state index is -0.976. The number of rotatable bonds is 4. The van der Waals surface area contributed by atoms with Crippen LogP contribution in [0.1, 0.15) is 19.4 Å². The van der Waals surface area contributed by atoms with E-state index in [1.807, 2.05) is 0 Å². The van der Waals surface area contributed by atoms with Crippen molar-refractivity contribution in [1.82, 2.24) is 5.32 Å². The molecule has 0 saturated heterocycles. The Morgan fingerprint density at radius 1 is 1.41 bits per heavy atom. The molecule has 94 valence electrons. The number of methoxy groups -OCH3 is 1. The molecule has 1 aromatic carbocycles. The van der Waals surface area contributed by atoms with Gasteiger partial charge in [0, 0.05) is 25.3 Å². The molecule has 3 nitrogen and oxygen atoms in total. The van der Waals surface area contributed by atoms with Crippen molar-refractivity contribution in [3.63, 3.8) is 0 Å². The summed E-state index contributed by atoms with van der Waals surface area (Å²) in [6.07, 6.45) is 0. The predicted octanol–water partition coefficient (Wildman–Crippen LogP) is 2.01. The highest BCUT2D eigenvalue weighted by molar-refractivity contribution is 5.84. The molecule has 1 amide bonds. The first-order chi connectivity index (χ1) is 7.86. The van der Waals surface area contributed by atoms with Crippen LogP contribution in [0.15, 0.2) is 18.2 Å². The first kappa shape index (κ1) is 13.6. The van der Waals surface area contributed by atoms with E-state index in [1.165, 1.54) is 13.2 Å². The third kappa shape index (κ3) is 3.49. The van der Waals surface area contributed by atoms with E-state index in [0.717, 1.165) is 12.1 Å². The molecule has 0 unspecified atom stereocenters.